The molecule has 0 bridgehead atoms. The second-order valence-electron chi connectivity index (χ2n) is 14.8. The van der Waals surface area contributed by atoms with Crippen LogP contribution in [0, 0.1) is 36.7 Å². The van der Waals surface area contributed by atoms with Crippen LogP contribution in [-0.2, 0) is 32.9 Å². The number of benzene rings is 2. The Hall–Kier alpha value is -3.44. The molecule has 0 atom stereocenters. The molecule has 0 aliphatic heterocycles. The molecule has 0 aliphatic carbocycles. The Labute approximate surface area is 316 Å². The maximum atomic E-state index is 8.75. The number of hydrogen-bond donors (Lipinski definition) is 0. The summed E-state index contributed by atoms with van der Waals surface area (Å²) < 4.78 is 86.9. The maximum Gasteiger partial charge on any atom is 0.216 e. The quantitative estimate of drug-likeness (QED) is 0.128. The van der Waals surface area contributed by atoms with Gasteiger partial charge < -0.3 is 14.4 Å². The topological polar surface area (TPSA) is 51.8 Å². The van der Waals surface area contributed by atoms with Crippen molar-refractivity contribution in [2.75, 3.05) is 0 Å². The van der Waals surface area contributed by atoms with Crippen molar-refractivity contribution < 1.29 is 38.2 Å². The van der Waals surface area contributed by atoms with Crippen molar-refractivity contribution in [3.63, 3.8) is 0 Å². The summed E-state index contributed by atoms with van der Waals surface area (Å²) in [6.07, 6.45) is -0.274. The third-order valence-corrected chi connectivity index (χ3v) is 9.18. The van der Waals surface area contributed by atoms with Crippen molar-refractivity contribution in [3.05, 3.63) is 108 Å². The van der Waals surface area contributed by atoms with Gasteiger partial charge in [-0.1, -0.05) is 89.8 Å². The van der Waals surface area contributed by atoms with Crippen LogP contribution in [0.15, 0.2) is 77.5 Å². The molecule has 0 spiro atoms. The summed E-state index contributed by atoms with van der Waals surface area (Å²) in [6, 6.07) is 23.7. The molecule has 2 aromatic carbocycles. The van der Waals surface area contributed by atoms with Crippen molar-refractivity contribution in [1.29, 1.82) is 0 Å². The van der Waals surface area contributed by atoms with E-state index in [9.17, 15) is 0 Å². The number of nitrogens with zero attached hydrogens (tertiary/aromatic N) is 3. The molecule has 6 heteroatoms. The summed E-state index contributed by atoms with van der Waals surface area (Å²) in [5.41, 5.74) is 2.49. The summed E-state index contributed by atoms with van der Waals surface area (Å²) in [5, 5.41) is 2.37. The molecule has 1 radical (unpaired) electrons. The minimum absolute atomic E-state index is 0. The zero-order chi connectivity index (χ0) is 42.7. The van der Waals surface area contributed by atoms with Crippen LogP contribution in [-0.4, -0.2) is 23.0 Å². The number of furan rings is 1. The zero-order valence-corrected chi connectivity index (χ0v) is 32.4. The first-order valence-electron chi connectivity index (χ1n) is 20.7. The standard InChI is InChI=1S/C23H23N2O.C19H26NSi.Ir/c1-14-13-24-20(11-17(14)12-23(3,4)5)16-7-9-21-19(10-16)18-8-6-15(2)25-22(18)26-21;1-19(2,3)13-16-12-17(15-10-8-7-9-11-15)20-14-18(16)21(4,5)6;/h6,8-11,13H,12H2,1-5H3;7-10,12,14H,13H2,1-6H3;/q2*-1;/i1D3,2D3,12D2;13D2;. The van der Waals surface area contributed by atoms with Crippen LogP contribution in [0.25, 0.3) is 44.6 Å². The third kappa shape index (κ3) is 9.37. The molecule has 0 aliphatic rings. The first-order chi connectivity index (χ1) is 25.9. The zero-order valence-electron chi connectivity index (χ0n) is 39.0. The first kappa shape index (κ1) is 25.5. The Morgan fingerprint density at radius 3 is 2.12 bits per heavy atom. The molecule has 0 amide bonds. The van der Waals surface area contributed by atoms with Crippen LogP contribution in [0.2, 0.25) is 19.6 Å². The van der Waals surface area contributed by atoms with Crippen LogP contribution >= 0.6 is 0 Å². The molecule has 0 fully saturated rings. The predicted octanol–water partition coefficient (Wildman–Crippen LogP) is 10.7. The molecular weight excluding hydrogens is 783 g/mol. The largest absolute Gasteiger partial charge is 0.486 e. The van der Waals surface area contributed by atoms with Gasteiger partial charge in [-0.2, -0.15) is 0 Å². The second kappa shape index (κ2) is 14.6. The molecule has 4 aromatic heterocycles. The predicted molar refractivity (Wildman–Crippen MR) is 201 cm³/mol. The number of aromatic nitrogens is 3. The molecule has 4 nitrogen and oxygen atoms in total. The average Bonchev–Trinajstić information content (AvgIpc) is 3.47. The van der Waals surface area contributed by atoms with Gasteiger partial charge in [0.05, 0.1) is 13.7 Å². The molecule has 253 valence electrons. The minimum Gasteiger partial charge on any atom is -0.486 e. The number of rotatable bonds is 5. The maximum absolute atomic E-state index is 8.75. The number of pyridine rings is 3. The van der Waals surface area contributed by atoms with Gasteiger partial charge in [0.1, 0.15) is 0 Å². The van der Waals surface area contributed by atoms with Gasteiger partial charge in [0.2, 0.25) is 5.71 Å². The summed E-state index contributed by atoms with van der Waals surface area (Å²) >= 11 is 0. The van der Waals surface area contributed by atoms with E-state index in [1.54, 1.807) is 39.0 Å². The van der Waals surface area contributed by atoms with Gasteiger partial charge in [0.15, 0.2) is 0 Å². The number of fused-ring (bicyclic) bond motifs is 3. The number of hydrogen-bond acceptors (Lipinski definition) is 4. The smallest absolute Gasteiger partial charge is 0.216 e. The van der Waals surface area contributed by atoms with Gasteiger partial charge in [-0.05, 0) is 71.6 Å². The molecule has 0 saturated heterocycles. The Morgan fingerprint density at radius 1 is 0.792 bits per heavy atom. The summed E-state index contributed by atoms with van der Waals surface area (Å²) in [7, 11) is -1.70. The normalized spacial score (nSPS) is 16.3. The van der Waals surface area contributed by atoms with E-state index in [2.05, 4.69) is 46.7 Å². The monoisotopic (exact) mass is 842 g/mol. The van der Waals surface area contributed by atoms with Crippen molar-refractivity contribution >= 4 is 35.3 Å². The second-order valence-corrected chi connectivity index (χ2v) is 19.8. The van der Waals surface area contributed by atoms with Gasteiger partial charge in [-0.3, -0.25) is 0 Å². The molecule has 6 aromatic rings. The fourth-order valence-electron chi connectivity index (χ4n) is 5.12. The fourth-order valence-corrected chi connectivity index (χ4v) is 6.51. The van der Waals surface area contributed by atoms with E-state index in [0.29, 0.717) is 27.6 Å². The Bertz CT molecular complexity index is 2410. The molecule has 0 unspecified atom stereocenters. The molecular formula is C42H49IrN3OSi-2. The molecule has 0 saturated carbocycles. The van der Waals surface area contributed by atoms with Crippen molar-refractivity contribution in [1.82, 2.24) is 15.0 Å². The van der Waals surface area contributed by atoms with Crippen molar-refractivity contribution in [3.8, 4) is 22.5 Å². The van der Waals surface area contributed by atoms with E-state index >= 15 is 0 Å². The van der Waals surface area contributed by atoms with Gasteiger partial charge in [-0.25, -0.2) is 4.98 Å². The Kier molecular flexibility index (Phi) is 7.75. The Balaban J connectivity index is 0.000000272. The van der Waals surface area contributed by atoms with Crippen LogP contribution in [0.3, 0.4) is 0 Å². The van der Waals surface area contributed by atoms with E-state index in [0.717, 1.165) is 22.0 Å². The summed E-state index contributed by atoms with van der Waals surface area (Å²) in [4.78, 5) is 13.0. The van der Waals surface area contributed by atoms with Crippen LogP contribution in [0.1, 0.15) is 77.6 Å². The number of aryl methyl sites for hydroxylation is 2. The molecule has 6 rings (SSSR count). The van der Waals surface area contributed by atoms with Gasteiger partial charge >= 0.3 is 0 Å². The first-order valence-corrected chi connectivity index (χ1v) is 19.2. The van der Waals surface area contributed by atoms with Crippen LogP contribution < -0.4 is 5.19 Å². The van der Waals surface area contributed by atoms with E-state index in [-0.39, 0.29) is 42.6 Å². The average molecular weight is 842 g/mol. The van der Waals surface area contributed by atoms with E-state index < -0.39 is 45.4 Å². The summed E-state index contributed by atoms with van der Waals surface area (Å²) in [6.45, 7) is 12.8. The molecule has 0 N–H and O–H groups in total. The van der Waals surface area contributed by atoms with Gasteiger partial charge in [0, 0.05) is 57.3 Å². The fraction of sp³-hybridized carbons (Fsp3) is 0.357. The van der Waals surface area contributed by atoms with E-state index in [1.165, 1.54) is 18.3 Å². The van der Waals surface area contributed by atoms with E-state index in [4.69, 9.17) is 18.1 Å². The molecule has 48 heavy (non-hydrogen) atoms. The van der Waals surface area contributed by atoms with Crippen molar-refractivity contribution in [2.24, 2.45) is 10.8 Å². The van der Waals surface area contributed by atoms with Crippen LogP contribution in [0.4, 0.5) is 0 Å². The van der Waals surface area contributed by atoms with Gasteiger partial charge in [-0.15, -0.1) is 59.7 Å². The van der Waals surface area contributed by atoms with Crippen LogP contribution in [0.5, 0.6) is 0 Å². The van der Waals surface area contributed by atoms with Gasteiger partial charge in [0.25, 0.3) is 0 Å². The Morgan fingerprint density at radius 2 is 1.48 bits per heavy atom. The minimum atomic E-state index is -2.53. The molecule has 4 heterocycles. The van der Waals surface area contributed by atoms with Crippen molar-refractivity contribution in [2.45, 2.75) is 87.6 Å². The van der Waals surface area contributed by atoms with E-state index in [1.807, 2.05) is 57.3 Å². The third-order valence-electron chi connectivity index (χ3n) is 7.17. The SMILES string of the molecule is [2H]C([2H])([2H])c1ccc2c(n1)oc1c[c-]c(-c3cc(C([2H])([2H])C(C)(C)C)c(C([2H])([2H])[2H])cn3)cc12.[2H]C([2H])(c1cc(-c2[c-]cccc2)ncc1[Si](C)(C)C)C(C)(C)C.[Ir]. The summed E-state index contributed by atoms with van der Waals surface area (Å²) in [5.74, 6) is 0.